The summed E-state index contributed by atoms with van der Waals surface area (Å²) in [5, 5.41) is 3.84. The highest BCUT2D eigenvalue weighted by molar-refractivity contribution is 6.42. The van der Waals surface area contributed by atoms with Gasteiger partial charge in [0.15, 0.2) is 0 Å². The van der Waals surface area contributed by atoms with E-state index in [9.17, 15) is 4.79 Å². The molecule has 1 heterocycles. The summed E-state index contributed by atoms with van der Waals surface area (Å²) < 4.78 is 6.43. The van der Waals surface area contributed by atoms with Gasteiger partial charge in [-0.25, -0.2) is 0 Å². The fraction of sp³-hybridized carbons (Fsp3) is 0.348. The van der Waals surface area contributed by atoms with Gasteiger partial charge in [0.2, 0.25) is 5.91 Å². The lowest BCUT2D eigenvalue weighted by atomic mass is 10.0. The first-order valence-corrected chi connectivity index (χ1v) is 10.5. The van der Waals surface area contributed by atoms with E-state index in [1.807, 2.05) is 18.2 Å². The van der Waals surface area contributed by atoms with Crippen LogP contribution in [0.5, 0.6) is 0 Å². The Kier molecular flexibility index (Phi) is 9.20. The Balaban J connectivity index is 0.00000320. The topological polar surface area (TPSA) is 38.3 Å². The highest BCUT2D eigenvalue weighted by Crippen LogP contribution is 2.24. The van der Waals surface area contributed by atoms with Crippen LogP contribution in [0, 0.1) is 0 Å². The molecule has 30 heavy (non-hydrogen) atoms. The number of benzene rings is 2. The zero-order chi connectivity index (χ0) is 20.9. The molecule has 3 rings (SSSR count). The van der Waals surface area contributed by atoms with E-state index in [0.717, 1.165) is 48.3 Å². The van der Waals surface area contributed by atoms with Crippen LogP contribution in [0.3, 0.4) is 0 Å². The first kappa shape index (κ1) is 24.7. The number of carbonyl (C=O) groups is 1. The van der Waals surface area contributed by atoms with E-state index in [4.69, 9.17) is 27.9 Å². The number of nitrogens with zero attached hydrogens (tertiary/aromatic N) is 1. The number of amides is 1. The first-order valence-electron chi connectivity index (χ1n) is 9.77. The fourth-order valence-corrected chi connectivity index (χ4v) is 3.96. The van der Waals surface area contributed by atoms with Gasteiger partial charge in [-0.2, -0.15) is 0 Å². The number of nitrogens with one attached hydrogen (secondary N) is 1. The second-order valence-corrected chi connectivity index (χ2v) is 8.79. The molecule has 0 aromatic heterocycles. The third kappa shape index (κ3) is 7.00. The summed E-state index contributed by atoms with van der Waals surface area (Å²) in [7, 11) is 4.55. The lowest BCUT2D eigenvalue weighted by molar-refractivity contribution is -0.929. The molecule has 0 atom stereocenters. The van der Waals surface area contributed by atoms with Crippen LogP contribution < -0.4 is 17.7 Å². The van der Waals surface area contributed by atoms with Gasteiger partial charge in [-0.05, 0) is 35.9 Å². The van der Waals surface area contributed by atoms with Crippen LogP contribution in [-0.4, -0.2) is 43.7 Å². The SMILES string of the molecule is C[N+](C)(Cc1ccc(NC(=O)/C=C/c2ccc(Cl)c(Cl)c2)cc1)C1CCOCC1.[Cl-]. The van der Waals surface area contributed by atoms with Gasteiger partial charge in [-0.3, -0.25) is 4.79 Å². The standard InChI is InChI=1S/C23H26Cl2N2O2.ClH/c1-27(2,20-11-13-29-14-12-20)16-18-3-7-19(8-4-18)26-23(28)10-6-17-5-9-21(24)22(25)15-17;/h3-10,15,20H,11-14,16H2,1-2H3;1H/b10-6+;. The van der Waals surface area contributed by atoms with Gasteiger partial charge in [0.25, 0.3) is 0 Å². The minimum atomic E-state index is -0.192. The monoisotopic (exact) mass is 468 g/mol. The van der Waals surface area contributed by atoms with Gasteiger partial charge in [0, 0.05) is 30.2 Å². The van der Waals surface area contributed by atoms with Crippen LogP contribution in [0.4, 0.5) is 5.69 Å². The Morgan fingerprint density at radius 3 is 2.40 bits per heavy atom. The molecule has 1 saturated heterocycles. The normalized spacial score (nSPS) is 15.1. The molecule has 0 spiro atoms. The molecule has 1 aliphatic rings. The highest BCUT2D eigenvalue weighted by Gasteiger charge is 2.30. The molecule has 2 aromatic carbocycles. The van der Waals surface area contributed by atoms with Crippen LogP contribution >= 0.6 is 23.2 Å². The van der Waals surface area contributed by atoms with Crippen molar-refractivity contribution < 1.29 is 26.4 Å². The van der Waals surface area contributed by atoms with Gasteiger partial charge < -0.3 is 26.9 Å². The average Bonchev–Trinajstić information content (AvgIpc) is 2.71. The second kappa shape index (κ2) is 11.2. The summed E-state index contributed by atoms with van der Waals surface area (Å²) in [5.41, 5.74) is 2.85. The molecule has 2 aromatic rings. The minimum absolute atomic E-state index is 0. The van der Waals surface area contributed by atoms with E-state index in [-0.39, 0.29) is 18.3 Å². The van der Waals surface area contributed by atoms with Crippen LogP contribution in [0.25, 0.3) is 6.08 Å². The third-order valence-corrected chi connectivity index (χ3v) is 6.10. The highest BCUT2D eigenvalue weighted by atomic mass is 35.5. The molecule has 0 saturated carbocycles. The number of ether oxygens (including phenoxy) is 1. The molecule has 1 fully saturated rings. The fourth-order valence-electron chi connectivity index (χ4n) is 3.65. The summed E-state index contributed by atoms with van der Waals surface area (Å²) in [6.07, 6.45) is 5.40. The molecule has 162 valence electrons. The smallest absolute Gasteiger partial charge is 0.248 e. The van der Waals surface area contributed by atoms with Crippen LogP contribution in [-0.2, 0) is 16.1 Å². The molecule has 0 bridgehead atoms. The third-order valence-electron chi connectivity index (χ3n) is 5.36. The largest absolute Gasteiger partial charge is 1.00 e. The number of hydrogen-bond donors (Lipinski definition) is 1. The summed E-state index contributed by atoms with van der Waals surface area (Å²) in [5.74, 6) is -0.192. The molecule has 7 heteroatoms. The molecule has 1 aliphatic heterocycles. The number of halogens is 3. The lowest BCUT2D eigenvalue weighted by Crippen LogP contribution is -3.00. The molecule has 0 aliphatic carbocycles. The quantitative estimate of drug-likeness (QED) is 0.521. The molecule has 0 unspecified atom stereocenters. The van der Waals surface area contributed by atoms with Crippen molar-refractivity contribution in [1.29, 1.82) is 0 Å². The lowest BCUT2D eigenvalue weighted by Gasteiger charge is -2.40. The second-order valence-electron chi connectivity index (χ2n) is 7.97. The van der Waals surface area contributed by atoms with Crippen molar-refractivity contribution in [3.63, 3.8) is 0 Å². The summed E-state index contributed by atoms with van der Waals surface area (Å²) in [6.45, 7) is 2.66. The van der Waals surface area contributed by atoms with E-state index in [2.05, 4.69) is 31.5 Å². The van der Waals surface area contributed by atoms with E-state index >= 15 is 0 Å². The molecule has 4 nitrogen and oxygen atoms in total. The van der Waals surface area contributed by atoms with E-state index in [1.165, 1.54) is 11.6 Å². The summed E-state index contributed by atoms with van der Waals surface area (Å²) in [6, 6.07) is 13.9. The van der Waals surface area contributed by atoms with Crippen molar-refractivity contribution in [2.45, 2.75) is 25.4 Å². The predicted molar refractivity (Wildman–Crippen MR) is 120 cm³/mol. The zero-order valence-corrected chi connectivity index (χ0v) is 19.5. The van der Waals surface area contributed by atoms with Gasteiger partial charge in [0.05, 0.1) is 43.4 Å². The summed E-state index contributed by atoms with van der Waals surface area (Å²) in [4.78, 5) is 12.2. The maximum atomic E-state index is 12.2. The van der Waals surface area contributed by atoms with Gasteiger partial charge in [0.1, 0.15) is 6.54 Å². The van der Waals surface area contributed by atoms with Crippen molar-refractivity contribution >= 4 is 40.9 Å². The molecule has 0 radical (unpaired) electrons. The Morgan fingerprint density at radius 1 is 1.10 bits per heavy atom. The molecular weight excluding hydrogens is 443 g/mol. The molecule has 1 amide bonds. The Hall–Kier alpha value is -1.56. The number of hydrogen-bond acceptors (Lipinski definition) is 2. The van der Waals surface area contributed by atoms with Crippen molar-refractivity contribution in [2.75, 3.05) is 32.6 Å². The first-order chi connectivity index (χ1) is 13.8. The van der Waals surface area contributed by atoms with Gasteiger partial charge in [-0.15, -0.1) is 0 Å². The van der Waals surface area contributed by atoms with E-state index in [1.54, 1.807) is 18.2 Å². The van der Waals surface area contributed by atoms with Crippen molar-refractivity contribution in [2.24, 2.45) is 0 Å². The van der Waals surface area contributed by atoms with E-state index < -0.39 is 0 Å². The Labute approximate surface area is 194 Å². The van der Waals surface area contributed by atoms with Crippen molar-refractivity contribution in [1.82, 2.24) is 0 Å². The van der Waals surface area contributed by atoms with Crippen LogP contribution in [0.2, 0.25) is 10.0 Å². The van der Waals surface area contributed by atoms with Gasteiger partial charge >= 0.3 is 0 Å². The predicted octanol–water partition coefficient (Wildman–Crippen LogP) is 2.40. The number of rotatable bonds is 6. The number of carbonyl (C=O) groups excluding carboxylic acids is 1. The summed E-state index contributed by atoms with van der Waals surface area (Å²) >= 11 is 11.9. The average molecular weight is 470 g/mol. The van der Waals surface area contributed by atoms with Crippen molar-refractivity contribution in [3.05, 3.63) is 69.7 Å². The van der Waals surface area contributed by atoms with Crippen LogP contribution in [0.15, 0.2) is 48.5 Å². The van der Waals surface area contributed by atoms with Gasteiger partial charge in [-0.1, -0.05) is 41.4 Å². The number of anilines is 1. The minimum Gasteiger partial charge on any atom is -1.00 e. The van der Waals surface area contributed by atoms with Crippen LogP contribution in [0.1, 0.15) is 24.0 Å². The molecular formula is C23H27Cl3N2O2. The Bertz CT molecular complexity index is 877. The maximum Gasteiger partial charge on any atom is 0.248 e. The Morgan fingerprint density at radius 2 is 1.77 bits per heavy atom. The van der Waals surface area contributed by atoms with Crippen molar-refractivity contribution in [3.8, 4) is 0 Å². The zero-order valence-electron chi connectivity index (χ0n) is 17.2. The molecule has 1 N–H and O–H groups in total. The maximum absolute atomic E-state index is 12.2. The number of quaternary nitrogens is 1. The van der Waals surface area contributed by atoms with E-state index in [0.29, 0.717) is 16.1 Å².